The van der Waals surface area contributed by atoms with Crippen molar-refractivity contribution in [3.05, 3.63) is 28.5 Å². The lowest BCUT2D eigenvalue weighted by atomic mass is 10.1. The van der Waals surface area contributed by atoms with Crippen LogP contribution in [0.5, 0.6) is 0 Å². The van der Waals surface area contributed by atoms with Crippen LogP contribution in [0.1, 0.15) is 24.8 Å². The van der Waals surface area contributed by atoms with Gasteiger partial charge in [-0.05, 0) is 53.4 Å². The van der Waals surface area contributed by atoms with E-state index >= 15 is 0 Å². The summed E-state index contributed by atoms with van der Waals surface area (Å²) in [6, 6.07) is 3.60. The Hall–Kier alpha value is -0.450. The first kappa shape index (κ1) is 11.6. The first-order valence-electron chi connectivity index (χ1n) is 6.40. The lowest BCUT2D eigenvalue weighted by Crippen LogP contribution is -2.38. The fourth-order valence-corrected chi connectivity index (χ4v) is 3.53. The molecule has 0 saturated carbocycles. The number of hydrogen-bond acceptors (Lipinski definition) is 3. The third-order valence-electron chi connectivity index (χ3n) is 3.94. The third kappa shape index (κ3) is 2.54. The van der Waals surface area contributed by atoms with Gasteiger partial charge in [0.25, 0.3) is 0 Å². The molecule has 3 heterocycles. The Balaban J connectivity index is 1.57. The third-order valence-corrected chi connectivity index (χ3v) is 4.37. The second-order valence-electron chi connectivity index (χ2n) is 5.03. The molecule has 0 amide bonds. The summed E-state index contributed by atoms with van der Waals surface area (Å²) in [5.41, 5.74) is 1.26. The van der Waals surface area contributed by atoms with Gasteiger partial charge in [-0.3, -0.25) is 9.88 Å². The molecule has 0 bridgehead atoms. The van der Waals surface area contributed by atoms with Crippen LogP contribution in [-0.4, -0.2) is 35.1 Å². The molecule has 3 rings (SSSR count). The van der Waals surface area contributed by atoms with Crippen molar-refractivity contribution in [2.24, 2.45) is 0 Å². The lowest BCUT2D eigenvalue weighted by molar-refractivity contribution is 0.298. The van der Waals surface area contributed by atoms with E-state index in [9.17, 15) is 0 Å². The molecular weight excluding hydrogens is 278 g/mol. The molecule has 0 aliphatic carbocycles. The van der Waals surface area contributed by atoms with Crippen molar-refractivity contribution < 1.29 is 0 Å². The quantitative estimate of drug-likeness (QED) is 0.926. The molecule has 92 valence electrons. The maximum absolute atomic E-state index is 4.20. The van der Waals surface area contributed by atoms with E-state index in [0.717, 1.165) is 17.1 Å². The topological polar surface area (TPSA) is 28.2 Å². The van der Waals surface area contributed by atoms with Gasteiger partial charge in [-0.15, -0.1) is 0 Å². The molecule has 2 aliphatic rings. The van der Waals surface area contributed by atoms with Gasteiger partial charge in [-0.1, -0.05) is 0 Å². The molecule has 0 spiro atoms. The summed E-state index contributed by atoms with van der Waals surface area (Å²) in [6.07, 6.45) is 7.82. The first-order valence-corrected chi connectivity index (χ1v) is 7.19. The summed E-state index contributed by atoms with van der Waals surface area (Å²) in [6.45, 7) is 3.52. The van der Waals surface area contributed by atoms with Gasteiger partial charge in [0.1, 0.15) is 0 Å². The molecule has 4 heteroatoms. The number of aromatic nitrogens is 1. The van der Waals surface area contributed by atoms with Crippen LogP contribution in [0.15, 0.2) is 22.9 Å². The van der Waals surface area contributed by atoms with Gasteiger partial charge in [0, 0.05) is 42.0 Å². The van der Waals surface area contributed by atoms with Crippen LogP contribution >= 0.6 is 15.9 Å². The van der Waals surface area contributed by atoms with Gasteiger partial charge in [0.2, 0.25) is 0 Å². The van der Waals surface area contributed by atoms with E-state index in [2.05, 4.69) is 37.2 Å². The highest BCUT2D eigenvalue weighted by molar-refractivity contribution is 9.10. The molecule has 17 heavy (non-hydrogen) atoms. The number of nitrogens with zero attached hydrogens (tertiary/aromatic N) is 2. The van der Waals surface area contributed by atoms with Crippen molar-refractivity contribution in [2.45, 2.75) is 37.9 Å². The molecule has 2 aliphatic heterocycles. The van der Waals surface area contributed by atoms with Crippen molar-refractivity contribution in [1.29, 1.82) is 0 Å². The zero-order chi connectivity index (χ0) is 11.7. The van der Waals surface area contributed by atoms with Gasteiger partial charge in [-0.25, -0.2) is 0 Å². The van der Waals surface area contributed by atoms with Crippen molar-refractivity contribution >= 4 is 15.9 Å². The van der Waals surface area contributed by atoms with Crippen LogP contribution in [0.25, 0.3) is 0 Å². The van der Waals surface area contributed by atoms with Crippen LogP contribution in [0.4, 0.5) is 0 Å². The van der Waals surface area contributed by atoms with E-state index in [0.29, 0.717) is 6.04 Å². The number of hydrogen-bond donors (Lipinski definition) is 1. The van der Waals surface area contributed by atoms with Gasteiger partial charge in [0.15, 0.2) is 0 Å². The van der Waals surface area contributed by atoms with E-state index in [1.807, 2.05) is 12.4 Å². The van der Waals surface area contributed by atoms with Crippen LogP contribution < -0.4 is 5.32 Å². The highest BCUT2D eigenvalue weighted by Crippen LogP contribution is 2.28. The monoisotopic (exact) mass is 295 g/mol. The van der Waals surface area contributed by atoms with E-state index in [4.69, 9.17) is 0 Å². The first-order chi connectivity index (χ1) is 8.33. The molecule has 1 aromatic heterocycles. The van der Waals surface area contributed by atoms with Gasteiger partial charge in [-0.2, -0.15) is 0 Å². The predicted octanol–water partition coefficient (Wildman–Crippen LogP) is 2.17. The maximum Gasteiger partial charge on any atom is 0.0410 e. The fourth-order valence-electron chi connectivity index (χ4n) is 3.12. The molecule has 1 N–H and O–H groups in total. The fraction of sp³-hybridized carbons (Fsp3) is 0.615. The zero-order valence-corrected chi connectivity index (χ0v) is 11.5. The van der Waals surface area contributed by atoms with Crippen molar-refractivity contribution in [2.75, 3.05) is 13.1 Å². The van der Waals surface area contributed by atoms with E-state index < -0.39 is 0 Å². The largest absolute Gasteiger partial charge is 0.308 e. The molecule has 0 aromatic carbocycles. The lowest BCUT2D eigenvalue weighted by Gasteiger charge is -2.21. The van der Waals surface area contributed by atoms with Gasteiger partial charge in [0.05, 0.1) is 0 Å². The number of halogens is 1. The average Bonchev–Trinajstić information content (AvgIpc) is 2.89. The molecule has 2 atom stereocenters. The highest BCUT2D eigenvalue weighted by Gasteiger charge is 2.36. The predicted molar refractivity (Wildman–Crippen MR) is 71.8 cm³/mol. The van der Waals surface area contributed by atoms with E-state index in [-0.39, 0.29) is 0 Å². The summed E-state index contributed by atoms with van der Waals surface area (Å²) in [4.78, 5) is 6.83. The number of nitrogens with one attached hydrogen (secondary N) is 1. The Kier molecular flexibility index (Phi) is 3.45. The Morgan fingerprint density at radius 3 is 3.18 bits per heavy atom. The standard InChI is InChI=1S/C13H18BrN3/c14-11-6-10(7-15-9-11)8-16-12-3-5-17-4-1-2-13(12)17/h6-7,9,12-13,16H,1-5,8H2. The summed E-state index contributed by atoms with van der Waals surface area (Å²) >= 11 is 3.46. The average molecular weight is 296 g/mol. The summed E-state index contributed by atoms with van der Waals surface area (Å²) in [5.74, 6) is 0. The Morgan fingerprint density at radius 2 is 2.29 bits per heavy atom. The number of rotatable bonds is 3. The minimum atomic E-state index is 0.677. The normalized spacial score (nSPS) is 28.5. The Morgan fingerprint density at radius 1 is 1.35 bits per heavy atom. The Labute approximate surface area is 111 Å². The summed E-state index contributed by atoms with van der Waals surface area (Å²) < 4.78 is 1.06. The Bertz CT molecular complexity index is 396. The second kappa shape index (κ2) is 5.04. The molecule has 3 nitrogen and oxygen atoms in total. The van der Waals surface area contributed by atoms with Crippen molar-refractivity contribution in [3.8, 4) is 0 Å². The maximum atomic E-state index is 4.20. The zero-order valence-electron chi connectivity index (χ0n) is 9.90. The van der Waals surface area contributed by atoms with Crippen LogP contribution in [0.2, 0.25) is 0 Å². The van der Waals surface area contributed by atoms with E-state index in [1.165, 1.54) is 37.9 Å². The van der Waals surface area contributed by atoms with Gasteiger partial charge < -0.3 is 5.32 Å². The minimum Gasteiger partial charge on any atom is -0.308 e. The summed E-state index contributed by atoms with van der Waals surface area (Å²) in [7, 11) is 0. The molecule has 2 unspecified atom stereocenters. The molecule has 2 fully saturated rings. The van der Waals surface area contributed by atoms with Crippen LogP contribution in [-0.2, 0) is 6.54 Å². The van der Waals surface area contributed by atoms with Gasteiger partial charge >= 0.3 is 0 Å². The molecular formula is C13H18BrN3. The SMILES string of the molecule is Brc1cncc(CNC2CCN3CCCC23)c1. The van der Waals surface area contributed by atoms with Crippen molar-refractivity contribution in [3.63, 3.8) is 0 Å². The minimum absolute atomic E-state index is 0.677. The van der Waals surface area contributed by atoms with E-state index in [1.54, 1.807) is 0 Å². The molecule has 1 aromatic rings. The number of fused-ring (bicyclic) bond motifs is 1. The second-order valence-corrected chi connectivity index (χ2v) is 5.95. The van der Waals surface area contributed by atoms with Crippen LogP contribution in [0.3, 0.4) is 0 Å². The van der Waals surface area contributed by atoms with Crippen molar-refractivity contribution in [1.82, 2.24) is 15.2 Å². The molecule has 0 radical (unpaired) electrons. The highest BCUT2D eigenvalue weighted by atomic mass is 79.9. The smallest absolute Gasteiger partial charge is 0.0410 e. The number of pyridine rings is 1. The summed E-state index contributed by atoms with van der Waals surface area (Å²) in [5, 5.41) is 3.69. The van der Waals surface area contributed by atoms with Crippen LogP contribution in [0, 0.1) is 0 Å². The molecule has 2 saturated heterocycles.